The second kappa shape index (κ2) is 5.10. The fourth-order valence-electron chi connectivity index (χ4n) is 2.29. The van der Waals surface area contributed by atoms with Gasteiger partial charge in [0.05, 0.1) is 19.3 Å². The average Bonchev–Trinajstić information content (AvgIpc) is 3.04. The minimum atomic E-state index is -0.129. The summed E-state index contributed by atoms with van der Waals surface area (Å²) < 4.78 is 16.8. The fourth-order valence-corrected chi connectivity index (χ4v) is 2.29. The van der Waals surface area contributed by atoms with Crippen LogP contribution in [-0.4, -0.2) is 26.6 Å². The van der Waals surface area contributed by atoms with Crippen LogP contribution in [0, 0.1) is 0 Å². The minimum Gasteiger partial charge on any atom is -0.459 e. The van der Waals surface area contributed by atoms with Gasteiger partial charge in [0.1, 0.15) is 11.3 Å². The summed E-state index contributed by atoms with van der Waals surface area (Å²) in [4.78, 5) is 0. The summed E-state index contributed by atoms with van der Waals surface area (Å²) in [6.45, 7) is 1.36. The normalized spacial score (nSPS) is 18.5. The van der Waals surface area contributed by atoms with Crippen LogP contribution in [-0.2, 0) is 9.47 Å². The third kappa shape index (κ3) is 2.27. The van der Waals surface area contributed by atoms with Crippen LogP contribution in [0.1, 0.15) is 18.2 Å². The highest BCUT2D eigenvalue weighted by molar-refractivity contribution is 5.77. The van der Waals surface area contributed by atoms with Crippen LogP contribution in [0.3, 0.4) is 0 Å². The maximum atomic E-state index is 5.86. The Hall–Kier alpha value is -1.36. The Morgan fingerprint density at radius 2 is 2.06 bits per heavy atom. The summed E-state index contributed by atoms with van der Waals surface area (Å²) in [7, 11) is 1.92. The molecule has 96 valence electrons. The first-order valence-electron chi connectivity index (χ1n) is 6.26. The quantitative estimate of drug-likeness (QED) is 0.901. The summed E-state index contributed by atoms with van der Waals surface area (Å²) in [6, 6.07) is 10.2. The summed E-state index contributed by atoms with van der Waals surface area (Å²) in [6.07, 6.45) is 0.631. The van der Waals surface area contributed by atoms with Crippen LogP contribution in [0.2, 0.25) is 0 Å². The molecule has 1 aromatic heterocycles. The molecule has 4 heteroatoms. The molecule has 1 N–H and O–H groups in total. The second-order valence-corrected chi connectivity index (χ2v) is 4.43. The maximum Gasteiger partial charge on any atom is 0.159 e. The van der Waals surface area contributed by atoms with E-state index >= 15 is 0 Å². The smallest absolute Gasteiger partial charge is 0.159 e. The van der Waals surface area contributed by atoms with Crippen molar-refractivity contribution in [3.05, 3.63) is 36.1 Å². The van der Waals surface area contributed by atoms with Gasteiger partial charge in [0, 0.05) is 11.8 Å². The second-order valence-electron chi connectivity index (χ2n) is 4.43. The van der Waals surface area contributed by atoms with E-state index in [2.05, 4.69) is 17.4 Å². The number of nitrogens with one attached hydrogen (secondary N) is 1. The number of furan rings is 1. The van der Waals surface area contributed by atoms with Gasteiger partial charge in [-0.05, 0) is 19.2 Å². The van der Waals surface area contributed by atoms with Crippen molar-refractivity contribution < 1.29 is 13.9 Å². The summed E-state index contributed by atoms with van der Waals surface area (Å²) in [5.41, 5.74) is 0.918. The molecule has 1 saturated heterocycles. The molecule has 2 aromatic rings. The number of rotatable bonds is 4. The Bertz CT molecular complexity index is 483. The van der Waals surface area contributed by atoms with E-state index in [-0.39, 0.29) is 12.3 Å². The number of ether oxygens (including phenoxy) is 2. The van der Waals surface area contributed by atoms with Crippen molar-refractivity contribution in [1.82, 2.24) is 5.32 Å². The third-order valence-electron chi connectivity index (χ3n) is 3.26. The predicted molar refractivity (Wildman–Crippen MR) is 68.3 cm³/mol. The average molecular weight is 247 g/mol. The van der Waals surface area contributed by atoms with Crippen molar-refractivity contribution in [2.24, 2.45) is 0 Å². The van der Waals surface area contributed by atoms with Crippen molar-refractivity contribution in [3.63, 3.8) is 0 Å². The van der Waals surface area contributed by atoms with Gasteiger partial charge in [-0.2, -0.15) is 0 Å². The largest absolute Gasteiger partial charge is 0.459 e. The van der Waals surface area contributed by atoms with Crippen molar-refractivity contribution in [2.75, 3.05) is 20.3 Å². The first-order chi connectivity index (χ1) is 8.86. The van der Waals surface area contributed by atoms with Gasteiger partial charge in [-0.25, -0.2) is 0 Å². The van der Waals surface area contributed by atoms with Crippen LogP contribution < -0.4 is 5.32 Å². The van der Waals surface area contributed by atoms with Crippen LogP contribution >= 0.6 is 0 Å². The van der Waals surface area contributed by atoms with Crippen molar-refractivity contribution >= 4 is 11.0 Å². The molecule has 0 aliphatic carbocycles. The lowest BCUT2D eigenvalue weighted by molar-refractivity contribution is -0.0537. The third-order valence-corrected chi connectivity index (χ3v) is 3.26. The number of para-hydroxylation sites is 1. The van der Waals surface area contributed by atoms with E-state index in [1.807, 2.05) is 25.2 Å². The topological polar surface area (TPSA) is 43.6 Å². The molecule has 1 atom stereocenters. The lowest BCUT2D eigenvalue weighted by atomic mass is 10.1. The van der Waals surface area contributed by atoms with Crippen LogP contribution in [0.5, 0.6) is 0 Å². The van der Waals surface area contributed by atoms with Gasteiger partial charge in [-0.1, -0.05) is 18.2 Å². The lowest BCUT2D eigenvalue weighted by Crippen LogP contribution is -2.22. The molecule has 1 aliphatic rings. The molecule has 0 saturated carbocycles. The maximum absolute atomic E-state index is 5.86. The fraction of sp³-hybridized carbons (Fsp3) is 0.429. The Morgan fingerprint density at radius 3 is 2.78 bits per heavy atom. The van der Waals surface area contributed by atoms with E-state index in [0.29, 0.717) is 13.2 Å². The summed E-state index contributed by atoms with van der Waals surface area (Å²) in [5, 5.41) is 4.38. The highest BCUT2D eigenvalue weighted by atomic mass is 16.7. The minimum absolute atomic E-state index is 0.112. The number of benzene rings is 1. The molecule has 1 aliphatic heterocycles. The molecular weight excluding hydrogens is 230 g/mol. The standard InChI is InChI=1S/C14H17NO3/c1-15-11(9-14-16-6-7-17-14)13-8-10-4-2-3-5-12(10)18-13/h2-5,8,11,14-15H,6-7,9H2,1H3. The van der Waals surface area contributed by atoms with Crippen molar-refractivity contribution in [2.45, 2.75) is 18.8 Å². The van der Waals surface area contributed by atoms with E-state index in [4.69, 9.17) is 13.9 Å². The molecule has 2 heterocycles. The van der Waals surface area contributed by atoms with Crippen molar-refractivity contribution in [3.8, 4) is 0 Å². The lowest BCUT2D eigenvalue weighted by Gasteiger charge is -2.17. The molecule has 1 unspecified atom stereocenters. The summed E-state index contributed by atoms with van der Waals surface area (Å²) in [5.74, 6) is 0.929. The Balaban J connectivity index is 1.81. The highest BCUT2D eigenvalue weighted by Gasteiger charge is 2.23. The van der Waals surface area contributed by atoms with Gasteiger partial charge in [0.15, 0.2) is 6.29 Å². The zero-order chi connectivity index (χ0) is 12.4. The molecule has 1 fully saturated rings. The van der Waals surface area contributed by atoms with Crippen LogP contribution in [0.15, 0.2) is 34.7 Å². The molecule has 18 heavy (non-hydrogen) atoms. The number of hydrogen-bond acceptors (Lipinski definition) is 4. The molecule has 0 spiro atoms. The zero-order valence-electron chi connectivity index (χ0n) is 10.4. The SMILES string of the molecule is CNC(CC1OCCO1)c1cc2ccccc2o1. The van der Waals surface area contributed by atoms with E-state index in [1.54, 1.807) is 0 Å². The van der Waals surface area contributed by atoms with Gasteiger partial charge < -0.3 is 19.2 Å². The first-order valence-corrected chi connectivity index (χ1v) is 6.26. The monoisotopic (exact) mass is 247 g/mol. The number of fused-ring (bicyclic) bond motifs is 1. The van der Waals surface area contributed by atoms with Gasteiger partial charge >= 0.3 is 0 Å². The van der Waals surface area contributed by atoms with Gasteiger partial charge in [-0.15, -0.1) is 0 Å². The van der Waals surface area contributed by atoms with Gasteiger partial charge in [-0.3, -0.25) is 0 Å². The van der Waals surface area contributed by atoms with Gasteiger partial charge in [0.25, 0.3) is 0 Å². The Morgan fingerprint density at radius 1 is 1.28 bits per heavy atom. The molecular formula is C14H17NO3. The zero-order valence-corrected chi connectivity index (χ0v) is 10.4. The molecule has 0 amide bonds. The van der Waals surface area contributed by atoms with E-state index < -0.39 is 0 Å². The molecule has 3 rings (SSSR count). The van der Waals surface area contributed by atoms with Gasteiger partial charge in [0.2, 0.25) is 0 Å². The first kappa shape index (κ1) is 11.7. The highest BCUT2D eigenvalue weighted by Crippen LogP contribution is 2.27. The number of hydrogen-bond donors (Lipinski definition) is 1. The molecule has 0 bridgehead atoms. The Labute approximate surface area is 106 Å². The Kier molecular flexibility index (Phi) is 3.32. The van der Waals surface area contributed by atoms with E-state index in [9.17, 15) is 0 Å². The molecule has 1 aromatic carbocycles. The predicted octanol–water partition coefficient (Wildman–Crippen LogP) is 2.46. The van der Waals surface area contributed by atoms with Crippen molar-refractivity contribution in [1.29, 1.82) is 0 Å². The van der Waals surface area contributed by atoms with E-state index in [0.717, 1.165) is 23.2 Å². The summed E-state index contributed by atoms with van der Waals surface area (Å²) >= 11 is 0. The van der Waals surface area contributed by atoms with Crippen LogP contribution in [0.25, 0.3) is 11.0 Å². The van der Waals surface area contributed by atoms with E-state index in [1.165, 1.54) is 0 Å². The van der Waals surface area contributed by atoms with Crippen LogP contribution in [0.4, 0.5) is 0 Å². The molecule has 4 nitrogen and oxygen atoms in total. The molecule has 0 radical (unpaired) electrons.